The van der Waals surface area contributed by atoms with Gasteiger partial charge in [0.25, 0.3) is 5.56 Å². The Balaban J connectivity index is 1.41. The standard InChI is InChI=1S/C29H20ClN5O5S/c1-18-10-14-21(15-11-18)35-28(29(37)40-33-35)41(38,39)32-19-12-16-20(17-13-19)34-26(22-6-2-4-8-24(22)30)31-25-9-5-3-7-23(25)27(34)36/h2-17,32H,1H3/p+1. The molecule has 10 nitrogen and oxygen atoms in total. The summed E-state index contributed by atoms with van der Waals surface area (Å²) in [6.07, 6.45) is 0. The summed E-state index contributed by atoms with van der Waals surface area (Å²) in [6, 6.07) is 27.0. The fourth-order valence-electron chi connectivity index (χ4n) is 4.43. The Morgan fingerprint density at radius 2 is 1.59 bits per heavy atom. The van der Waals surface area contributed by atoms with Gasteiger partial charge in [-0.2, -0.15) is 8.42 Å². The molecule has 0 saturated heterocycles. The number of aryl methyl sites for hydroxylation is 1. The van der Waals surface area contributed by atoms with Gasteiger partial charge < -0.3 is 0 Å². The molecule has 2 N–H and O–H groups in total. The van der Waals surface area contributed by atoms with Crippen LogP contribution in [0.1, 0.15) is 5.56 Å². The van der Waals surface area contributed by atoms with Crippen LogP contribution in [0.4, 0.5) is 5.69 Å². The van der Waals surface area contributed by atoms with Crippen LogP contribution in [0, 0.1) is 6.92 Å². The molecule has 0 atom stereocenters. The Morgan fingerprint density at radius 3 is 2.32 bits per heavy atom. The lowest BCUT2D eigenvalue weighted by molar-refractivity contribution is -0.705. The Bertz CT molecular complexity index is 2150. The summed E-state index contributed by atoms with van der Waals surface area (Å²) in [5.41, 5.74) is 1.64. The van der Waals surface area contributed by atoms with Gasteiger partial charge in [-0.3, -0.25) is 18.6 Å². The van der Waals surface area contributed by atoms with Gasteiger partial charge in [0.05, 0.1) is 21.6 Å². The zero-order valence-corrected chi connectivity index (χ0v) is 23.0. The molecule has 2 heterocycles. The SMILES string of the molecule is Cc1ccc(-[n+]2[nH]oc(=O)c2S(=O)(=O)Nc2ccc(-n3c(-c4ccccc4Cl)nc4ccccc4c3=O)cc2)cc1. The highest BCUT2D eigenvalue weighted by molar-refractivity contribution is 7.92. The first kappa shape index (κ1) is 26.2. The summed E-state index contributed by atoms with van der Waals surface area (Å²) in [7, 11) is -4.38. The summed E-state index contributed by atoms with van der Waals surface area (Å²) in [6.45, 7) is 1.88. The molecular formula is C29H21ClN5O5S+. The van der Waals surface area contributed by atoms with Crippen molar-refractivity contribution in [2.45, 2.75) is 11.9 Å². The van der Waals surface area contributed by atoms with Crippen LogP contribution in [-0.4, -0.2) is 23.2 Å². The van der Waals surface area contributed by atoms with Crippen LogP contribution < -0.4 is 20.6 Å². The van der Waals surface area contributed by atoms with Gasteiger partial charge in [0.1, 0.15) is 5.82 Å². The van der Waals surface area contributed by atoms with Gasteiger partial charge in [0.15, 0.2) is 0 Å². The molecule has 0 fully saturated rings. The van der Waals surface area contributed by atoms with Crippen LogP contribution in [0.2, 0.25) is 5.02 Å². The number of hydrogen-bond donors (Lipinski definition) is 2. The Hall–Kier alpha value is -5.00. The highest BCUT2D eigenvalue weighted by Crippen LogP contribution is 2.29. The molecule has 6 rings (SSSR count). The molecule has 204 valence electrons. The van der Waals surface area contributed by atoms with Crippen molar-refractivity contribution in [1.82, 2.24) is 14.8 Å². The minimum atomic E-state index is -4.38. The quantitative estimate of drug-likeness (QED) is 0.279. The van der Waals surface area contributed by atoms with Gasteiger partial charge in [-0.15, -0.1) is 0 Å². The lowest BCUT2D eigenvalue weighted by Crippen LogP contribution is -2.42. The molecule has 41 heavy (non-hydrogen) atoms. The third kappa shape index (κ3) is 4.81. The van der Waals surface area contributed by atoms with Crippen LogP contribution in [-0.2, 0) is 10.0 Å². The number of nitrogens with one attached hydrogen (secondary N) is 2. The molecular weight excluding hydrogens is 566 g/mol. The third-order valence-corrected chi connectivity index (χ3v) is 8.11. The van der Waals surface area contributed by atoms with Crippen molar-refractivity contribution in [3.05, 3.63) is 128 Å². The third-order valence-electron chi connectivity index (χ3n) is 6.42. The van der Waals surface area contributed by atoms with Crippen LogP contribution in [0.25, 0.3) is 33.7 Å². The van der Waals surface area contributed by atoms with Crippen LogP contribution >= 0.6 is 11.6 Å². The molecule has 12 heteroatoms. The van der Waals surface area contributed by atoms with E-state index in [1.54, 1.807) is 84.9 Å². The molecule has 2 aromatic heterocycles. The number of anilines is 1. The first-order valence-electron chi connectivity index (χ1n) is 12.3. The number of aromatic amines is 1. The van der Waals surface area contributed by atoms with E-state index in [0.29, 0.717) is 38.7 Å². The van der Waals surface area contributed by atoms with E-state index in [-0.39, 0.29) is 11.2 Å². The fourth-order valence-corrected chi connectivity index (χ4v) is 5.84. The van der Waals surface area contributed by atoms with Gasteiger partial charge in [0, 0.05) is 23.4 Å². The molecule has 4 aromatic carbocycles. The van der Waals surface area contributed by atoms with E-state index in [2.05, 4.69) is 9.99 Å². The van der Waals surface area contributed by atoms with Crippen LogP contribution in [0.15, 0.2) is 116 Å². The van der Waals surface area contributed by atoms with Crippen molar-refractivity contribution in [2.24, 2.45) is 0 Å². The van der Waals surface area contributed by atoms with Crippen molar-refractivity contribution in [3.63, 3.8) is 0 Å². The molecule has 0 aliphatic carbocycles. The summed E-state index contributed by atoms with van der Waals surface area (Å²) in [5, 5.41) is 2.54. The number of fused-ring (bicyclic) bond motifs is 1. The predicted molar refractivity (Wildman–Crippen MR) is 154 cm³/mol. The van der Waals surface area contributed by atoms with Gasteiger partial charge in [-0.05, 0) is 65.4 Å². The van der Waals surface area contributed by atoms with Gasteiger partial charge in [-0.25, -0.2) is 9.78 Å². The summed E-state index contributed by atoms with van der Waals surface area (Å²) in [5.74, 6) is 0.330. The molecule has 0 aliphatic heterocycles. The normalized spacial score (nSPS) is 11.6. The van der Waals surface area contributed by atoms with Crippen molar-refractivity contribution >= 4 is 38.2 Å². The number of para-hydroxylation sites is 1. The number of aromatic nitrogens is 4. The van der Waals surface area contributed by atoms with E-state index in [0.717, 1.165) is 10.2 Å². The summed E-state index contributed by atoms with van der Waals surface area (Å²) in [4.78, 5) is 30.8. The lowest BCUT2D eigenvalue weighted by Gasteiger charge is -2.15. The average Bonchev–Trinajstić information content (AvgIpc) is 3.36. The maximum Gasteiger partial charge on any atom is 0.449 e. The fraction of sp³-hybridized carbons (Fsp3) is 0.0345. The second kappa shape index (κ2) is 10.2. The molecule has 0 spiro atoms. The molecule has 0 aliphatic rings. The van der Waals surface area contributed by atoms with Gasteiger partial charge in [0.2, 0.25) is 5.69 Å². The smallest absolute Gasteiger partial charge is 0.281 e. The highest BCUT2D eigenvalue weighted by atomic mass is 35.5. The van der Waals surface area contributed by atoms with E-state index < -0.39 is 20.7 Å². The van der Waals surface area contributed by atoms with Crippen LogP contribution in [0.3, 0.4) is 0 Å². The number of sulfonamides is 1. The van der Waals surface area contributed by atoms with E-state index in [1.165, 1.54) is 16.7 Å². The van der Waals surface area contributed by atoms with Crippen LogP contribution in [0.5, 0.6) is 0 Å². The Kier molecular flexibility index (Phi) is 6.52. The Labute approximate surface area is 238 Å². The number of H-pyrrole nitrogens is 1. The largest absolute Gasteiger partial charge is 0.449 e. The van der Waals surface area contributed by atoms with E-state index in [4.69, 9.17) is 21.1 Å². The maximum atomic E-state index is 13.7. The maximum absolute atomic E-state index is 13.7. The van der Waals surface area contributed by atoms with Gasteiger partial charge >= 0.3 is 20.7 Å². The first-order valence-corrected chi connectivity index (χ1v) is 14.2. The van der Waals surface area contributed by atoms with Crippen molar-refractivity contribution in [1.29, 1.82) is 0 Å². The first-order chi connectivity index (χ1) is 19.7. The van der Waals surface area contributed by atoms with Gasteiger partial charge in [-0.1, -0.05) is 53.6 Å². The molecule has 0 amide bonds. The van der Waals surface area contributed by atoms with E-state index >= 15 is 0 Å². The lowest BCUT2D eigenvalue weighted by atomic mass is 10.1. The molecule has 0 bridgehead atoms. The number of rotatable bonds is 6. The molecule has 0 radical (unpaired) electrons. The molecule has 0 saturated carbocycles. The second-order valence-corrected chi connectivity index (χ2v) is 11.2. The summed E-state index contributed by atoms with van der Waals surface area (Å²) < 4.78 is 36.3. The minimum absolute atomic E-state index is 0.158. The summed E-state index contributed by atoms with van der Waals surface area (Å²) >= 11 is 6.48. The zero-order valence-electron chi connectivity index (χ0n) is 21.4. The molecule has 0 unspecified atom stereocenters. The predicted octanol–water partition coefficient (Wildman–Crippen LogP) is 4.37. The number of halogens is 1. The Morgan fingerprint density at radius 1 is 0.902 bits per heavy atom. The zero-order chi connectivity index (χ0) is 28.7. The average molecular weight is 587 g/mol. The monoisotopic (exact) mass is 586 g/mol. The number of benzene rings is 4. The van der Waals surface area contributed by atoms with Crippen molar-refractivity contribution in [3.8, 4) is 22.8 Å². The minimum Gasteiger partial charge on any atom is -0.281 e. The highest BCUT2D eigenvalue weighted by Gasteiger charge is 2.36. The molecule has 6 aromatic rings. The second-order valence-electron chi connectivity index (χ2n) is 9.18. The van der Waals surface area contributed by atoms with E-state index in [9.17, 15) is 18.0 Å². The number of nitrogens with zero attached hydrogens (tertiary/aromatic N) is 3. The topological polar surface area (TPSA) is 131 Å². The van der Waals surface area contributed by atoms with Crippen molar-refractivity contribution < 1.29 is 17.6 Å². The number of hydrogen-bond acceptors (Lipinski definition) is 6. The van der Waals surface area contributed by atoms with Crippen molar-refractivity contribution in [2.75, 3.05) is 4.72 Å². The van der Waals surface area contributed by atoms with E-state index in [1.807, 2.05) is 6.92 Å².